The van der Waals surface area contributed by atoms with E-state index in [-0.39, 0.29) is 0 Å². The van der Waals surface area contributed by atoms with Crippen LogP contribution in [0.4, 0.5) is 0 Å². The zero-order valence-electron chi connectivity index (χ0n) is 6.93. The molecule has 10 heavy (non-hydrogen) atoms. The fraction of sp³-hybridized carbons (Fsp3) is 0.400. The van der Waals surface area contributed by atoms with E-state index in [1.54, 1.807) is 0 Å². The SMILES string of the molecule is C=CC/C(C)=C\C/C=C\C. The molecule has 0 unspecified atom stereocenters. The molecule has 0 bridgehead atoms. The molecule has 0 rings (SSSR count). The van der Waals surface area contributed by atoms with Crippen LogP contribution in [0.25, 0.3) is 0 Å². The van der Waals surface area contributed by atoms with E-state index < -0.39 is 0 Å². The topological polar surface area (TPSA) is 0 Å². The molecular weight excluding hydrogens is 120 g/mol. The molecule has 0 aromatic carbocycles. The van der Waals surface area contributed by atoms with E-state index in [9.17, 15) is 0 Å². The summed E-state index contributed by atoms with van der Waals surface area (Å²) in [4.78, 5) is 0. The third-order valence-electron chi connectivity index (χ3n) is 1.30. The van der Waals surface area contributed by atoms with Crippen molar-refractivity contribution in [1.82, 2.24) is 0 Å². The fourth-order valence-corrected chi connectivity index (χ4v) is 0.716. The van der Waals surface area contributed by atoms with Crippen molar-refractivity contribution in [3.05, 3.63) is 36.5 Å². The van der Waals surface area contributed by atoms with Crippen molar-refractivity contribution in [2.24, 2.45) is 0 Å². The standard InChI is InChI=1S/C10H16/c1-4-6-7-9-10(3)8-5-2/h4-6,9H,2,7-8H2,1,3H3/b6-4-,10-9-. The highest BCUT2D eigenvalue weighted by Crippen LogP contribution is 2.01. The zero-order valence-corrected chi connectivity index (χ0v) is 6.93. The predicted molar refractivity (Wildman–Crippen MR) is 48.0 cm³/mol. The Kier molecular flexibility index (Phi) is 5.85. The van der Waals surface area contributed by atoms with Gasteiger partial charge in [-0.1, -0.05) is 29.9 Å². The van der Waals surface area contributed by atoms with E-state index in [0.29, 0.717) is 0 Å². The lowest BCUT2D eigenvalue weighted by Crippen LogP contribution is -1.70. The summed E-state index contributed by atoms with van der Waals surface area (Å²) in [5.74, 6) is 0. The Hall–Kier alpha value is -0.780. The van der Waals surface area contributed by atoms with Gasteiger partial charge in [-0.05, 0) is 26.7 Å². The molecule has 0 spiro atoms. The van der Waals surface area contributed by atoms with Crippen LogP contribution in [0, 0.1) is 0 Å². The molecule has 0 radical (unpaired) electrons. The maximum Gasteiger partial charge on any atom is -0.0144 e. The average Bonchev–Trinajstić information content (AvgIpc) is 1.89. The summed E-state index contributed by atoms with van der Waals surface area (Å²) >= 11 is 0. The van der Waals surface area contributed by atoms with Crippen LogP contribution in [-0.2, 0) is 0 Å². The molecule has 0 aromatic rings. The first-order valence-corrected chi connectivity index (χ1v) is 3.69. The summed E-state index contributed by atoms with van der Waals surface area (Å²) in [7, 11) is 0. The first kappa shape index (κ1) is 9.22. The molecule has 0 heterocycles. The number of allylic oxidation sites excluding steroid dienone is 5. The zero-order chi connectivity index (χ0) is 7.82. The molecule has 0 amide bonds. The van der Waals surface area contributed by atoms with Gasteiger partial charge in [0, 0.05) is 0 Å². The first-order valence-electron chi connectivity index (χ1n) is 3.69. The Labute approximate surface area is 64.0 Å². The second-order valence-electron chi connectivity index (χ2n) is 2.35. The maximum absolute atomic E-state index is 3.67. The summed E-state index contributed by atoms with van der Waals surface area (Å²) in [6.45, 7) is 7.84. The fourth-order valence-electron chi connectivity index (χ4n) is 0.716. The van der Waals surface area contributed by atoms with E-state index in [1.165, 1.54) is 5.57 Å². The summed E-state index contributed by atoms with van der Waals surface area (Å²) in [5, 5.41) is 0. The quantitative estimate of drug-likeness (QED) is 0.519. The molecule has 0 N–H and O–H groups in total. The van der Waals surface area contributed by atoms with Gasteiger partial charge < -0.3 is 0 Å². The highest BCUT2D eigenvalue weighted by Gasteiger charge is 1.80. The molecular formula is C10H16. The van der Waals surface area contributed by atoms with Crippen molar-refractivity contribution < 1.29 is 0 Å². The Morgan fingerprint density at radius 2 is 2.20 bits per heavy atom. The van der Waals surface area contributed by atoms with Crippen LogP contribution in [0.15, 0.2) is 36.5 Å². The summed E-state index contributed by atoms with van der Waals surface area (Å²) < 4.78 is 0. The minimum absolute atomic E-state index is 1.01. The van der Waals surface area contributed by atoms with Crippen molar-refractivity contribution in [2.75, 3.05) is 0 Å². The van der Waals surface area contributed by atoms with Crippen LogP contribution < -0.4 is 0 Å². The molecule has 0 saturated carbocycles. The monoisotopic (exact) mass is 136 g/mol. The highest BCUT2D eigenvalue weighted by molar-refractivity contribution is 5.05. The lowest BCUT2D eigenvalue weighted by molar-refractivity contribution is 1.17. The van der Waals surface area contributed by atoms with Crippen LogP contribution in [0.5, 0.6) is 0 Å². The van der Waals surface area contributed by atoms with Crippen molar-refractivity contribution in [3.63, 3.8) is 0 Å². The van der Waals surface area contributed by atoms with Crippen molar-refractivity contribution in [2.45, 2.75) is 26.7 Å². The average molecular weight is 136 g/mol. The van der Waals surface area contributed by atoms with Crippen molar-refractivity contribution >= 4 is 0 Å². The normalized spacial score (nSPS) is 12.4. The van der Waals surface area contributed by atoms with Gasteiger partial charge in [-0.15, -0.1) is 6.58 Å². The van der Waals surface area contributed by atoms with Gasteiger partial charge in [-0.2, -0.15) is 0 Å². The van der Waals surface area contributed by atoms with E-state index in [2.05, 4.69) is 31.7 Å². The third-order valence-corrected chi connectivity index (χ3v) is 1.30. The van der Waals surface area contributed by atoms with Crippen molar-refractivity contribution in [1.29, 1.82) is 0 Å². The van der Waals surface area contributed by atoms with E-state index in [0.717, 1.165) is 12.8 Å². The predicted octanol–water partition coefficient (Wildman–Crippen LogP) is 3.48. The number of hydrogen-bond acceptors (Lipinski definition) is 0. The molecule has 56 valence electrons. The van der Waals surface area contributed by atoms with Crippen LogP contribution in [0.2, 0.25) is 0 Å². The van der Waals surface area contributed by atoms with Gasteiger partial charge in [0.15, 0.2) is 0 Å². The smallest absolute Gasteiger partial charge is 0.0144 e. The Balaban J connectivity index is 3.56. The molecule has 0 saturated heterocycles. The second-order valence-corrected chi connectivity index (χ2v) is 2.35. The Morgan fingerprint density at radius 3 is 2.70 bits per heavy atom. The molecule has 0 fully saturated rings. The molecule has 0 aliphatic carbocycles. The van der Waals surface area contributed by atoms with Crippen LogP contribution >= 0.6 is 0 Å². The van der Waals surface area contributed by atoms with Gasteiger partial charge in [0.1, 0.15) is 0 Å². The van der Waals surface area contributed by atoms with E-state index in [1.807, 2.05) is 13.0 Å². The lowest BCUT2D eigenvalue weighted by atomic mass is 10.2. The van der Waals surface area contributed by atoms with Gasteiger partial charge in [-0.3, -0.25) is 0 Å². The largest absolute Gasteiger partial charge is 0.103 e. The van der Waals surface area contributed by atoms with Gasteiger partial charge in [0.2, 0.25) is 0 Å². The lowest BCUT2D eigenvalue weighted by Gasteiger charge is -1.91. The molecule has 0 atom stereocenters. The van der Waals surface area contributed by atoms with Gasteiger partial charge >= 0.3 is 0 Å². The molecule has 0 aromatic heterocycles. The van der Waals surface area contributed by atoms with Crippen LogP contribution in [0.3, 0.4) is 0 Å². The summed E-state index contributed by atoms with van der Waals surface area (Å²) in [5.41, 5.74) is 1.40. The van der Waals surface area contributed by atoms with Crippen molar-refractivity contribution in [3.8, 4) is 0 Å². The second kappa shape index (κ2) is 6.34. The summed E-state index contributed by atoms with van der Waals surface area (Å²) in [6, 6.07) is 0. The maximum atomic E-state index is 3.67. The molecule has 0 nitrogen and oxygen atoms in total. The highest BCUT2D eigenvalue weighted by atomic mass is 13.9. The van der Waals surface area contributed by atoms with E-state index >= 15 is 0 Å². The third kappa shape index (κ3) is 5.36. The first-order chi connectivity index (χ1) is 4.81. The van der Waals surface area contributed by atoms with Crippen LogP contribution in [0.1, 0.15) is 26.7 Å². The van der Waals surface area contributed by atoms with E-state index in [4.69, 9.17) is 0 Å². The van der Waals surface area contributed by atoms with Gasteiger partial charge in [0.25, 0.3) is 0 Å². The van der Waals surface area contributed by atoms with Gasteiger partial charge in [-0.25, -0.2) is 0 Å². The number of hydrogen-bond donors (Lipinski definition) is 0. The summed E-state index contributed by atoms with van der Waals surface area (Å²) in [6.07, 6.45) is 10.4. The molecule has 0 heteroatoms. The van der Waals surface area contributed by atoms with Crippen LogP contribution in [-0.4, -0.2) is 0 Å². The minimum Gasteiger partial charge on any atom is -0.103 e. The Bertz CT molecular complexity index is 138. The molecule has 0 aliphatic heterocycles. The Morgan fingerprint density at radius 1 is 1.50 bits per heavy atom. The number of rotatable bonds is 4. The minimum atomic E-state index is 1.01. The molecule has 0 aliphatic rings. The van der Waals surface area contributed by atoms with Gasteiger partial charge in [0.05, 0.1) is 0 Å².